The lowest BCUT2D eigenvalue weighted by atomic mass is 10.1. The minimum atomic E-state index is -2.02. The van der Waals surface area contributed by atoms with E-state index in [4.69, 9.17) is 16.7 Å². The summed E-state index contributed by atoms with van der Waals surface area (Å²) >= 11 is 6.00. The van der Waals surface area contributed by atoms with Crippen LogP contribution in [0, 0.1) is 13.8 Å². The number of urea groups is 1. The molecule has 0 saturated heterocycles. The van der Waals surface area contributed by atoms with Gasteiger partial charge >= 0.3 is 12.0 Å². The summed E-state index contributed by atoms with van der Waals surface area (Å²) in [5.74, 6) is -1.41. The Kier molecular flexibility index (Phi) is 4.97. The summed E-state index contributed by atoms with van der Waals surface area (Å²) in [6.45, 7) is 4.45. The molecule has 0 fully saturated rings. The summed E-state index contributed by atoms with van der Waals surface area (Å²) in [5, 5.41) is 23.3. The lowest BCUT2D eigenvalue weighted by Gasteiger charge is -2.18. The zero-order valence-corrected chi connectivity index (χ0v) is 12.2. The van der Waals surface area contributed by atoms with Gasteiger partial charge in [0.2, 0.25) is 0 Å². The Hall–Kier alpha value is -1.79. The topological polar surface area (TPSA) is 98.7 Å². The van der Waals surface area contributed by atoms with Gasteiger partial charge in [0.15, 0.2) is 5.60 Å². The molecule has 20 heavy (non-hydrogen) atoms. The van der Waals surface area contributed by atoms with E-state index in [0.717, 1.165) is 18.1 Å². The van der Waals surface area contributed by atoms with E-state index in [1.54, 1.807) is 12.1 Å². The molecule has 1 rings (SSSR count). The first-order valence-corrected chi connectivity index (χ1v) is 6.28. The molecule has 2 amide bonds. The summed E-state index contributed by atoms with van der Waals surface area (Å²) < 4.78 is 0. The Morgan fingerprint density at radius 3 is 2.40 bits per heavy atom. The van der Waals surface area contributed by atoms with Gasteiger partial charge < -0.3 is 20.8 Å². The van der Waals surface area contributed by atoms with Gasteiger partial charge in [-0.1, -0.05) is 11.6 Å². The number of carboxylic acids is 1. The number of nitrogens with one attached hydrogen (secondary N) is 2. The quantitative estimate of drug-likeness (QED) is 0.682. The molecular formula is C13H17ClN2O4. The van der Waals surface area contributed by atoms with Crippen LogP contribution in [-0.2, 0) is 4.79 Å². The number of carboxylic acid groups (broad SMARTS) is 1. The fourth-order valence-corrected chi connectivity index (χ4v) is 1.64. The molecule has 1 unspecified atom stereocenters. The molecule has 0 aliphatic heterocycles. The maximum Gasteiger partial charge on any atom is 0.337 e. The van der Waals surface area contributed by atoms with Crippen molar-refractivity contribution in [3.63, 3.8) is 0 Å². The number of carbonyl (C=O) groups excluding carboxylic acids is 1. The number of anilines is 1. The second-order valence-electron chi connectivity index (χ2n) is 4.80. The van der Waals surface area contributed by atoms with Crippen LogP contribution in [0.25, 0.3) is 0 Å². The molecule has 7 heteroatoms. The van der Waals surface area contributed by atoms with Crippen LogP contribution in [0.5, 0.6) is 0 Å². The maximum absolute atomic E-state index is 11.6. The van der Waals surface area contributed by atoms with E-state index in [1.165, 1.54) is 0 Å². The Bertz CT molecular complexity index is 543. The fourth-order valence-electron chi connectivity index (χ4n) is 1.37. The van der Waals surface area contributed by atoms with Crippen LogP contribution in [0.2, 0.25) is 5.02 Å². The van der Waals surface area contributed by atoms with Crippen LogP contribution in [-0.4, -0.2) is 34.4 Å². The number of halogens is 1. The summed E-state index contributed by atoms with van der Waals surface area (Å²) in [6, 6.07) is 2.80. The number of rotatable bonds is 4. The third-order valence-corrected chi connectivity index (χ3v) is 3.20. The molecule has 0 aromatic heterocycles. The van der Waals surface area contributed by atoms with E-state index >= 15 is 0 Å². The predicted molar refractivity (Wildman–Crippen MR) is 76.2 cm³/mol. The van der Waals surface area contributed by atoms with Crippen LogP contribution in [0.3, 0.4) is 0 Å². The summed E-state index contributed by atoms with van der Waals surface area (Å²) in [7, 11) is 0. The highest BCUT2D eigenvalue weighted by Crippen LogP contribution is 2.25. The number of carbonyl (C=O) groups is 2. The highest BCUT2D eigenvalue weighted by atomic mass is 35.5. The number of hydrogen-bond donors (Lipinski definition) is 4. The first-order valence-electron chi connectivity index (χ1n) is 5.91. The van der Waals surface area contributed by atoms with E-state index in [0.29, 0.717) is 10.7 Å². The van der Waals surface area contributed by atoms with Gasteiger partial charge in [0, 0.05) is 0 Å². The molecule has 0 aliphatic carbocycles. The Balaban J connectivity index is 2.68. The van der Waals surface area contributed by atoms with E-state index in [1.807, 2.05) is 13.8 Å². The Morgan fingerprint density at radius 2 is 1.85 bits per heavy atom. The summed E-state index contributed by atoms with van der Waals surface area (Å²) in [6.07, 6.45) is 0. The minimum Gasteiger partial charge on any atom is -0.479 e. The monoisotopic (exact) mass is 300 g/mol. The van der Waals surface area contributed by atoms with Crippen molar-refractivity contribution in [3.8, 4) is 0 Å². The van der Waals surface area contributed by atoms with Crippen LogP contribution in [0.15, 0.2) is 12.1 Å². The molecule has 1 aromatic rings. The number of amides is 2. The number of hydrogen-bond acceptors (Lipinski definition) is 3. The first kappa shape index (κ1) is 16.3. The Labute approximate surface area is 121 Å². The lowest BCUT2D eigenvalue weighted by Crippen LogP contribution is -2.47. The lowest BCUT2D eigenvalue weighted by molar-refractivity contribution is -0.155. The average molecular weight is 301 g/mol. The molecular weight excluding hydrogens is 284 g/mol. The SMILES string of the molecule is Cc1cc(Cl)c(NC(=O)NCC(C)(O)C(=O)O)cc1C. The molecule has 0 radical (unpaired) electrons. The average Bonchev–Trinajstić information content (AvgIpc) is 2.33. The smallest absolute Gasteiger partial charge is 0.337 e. The molecule has 6 nitrogen and oxygen atoms in total. The van der Waals surface area contributed by atoms with Crippen molar-refractivity contribution in [2.24, 2.45) is 0 Å². The largest absolute Gasteiger partial charge is 0.479 e. The molecule has 0 spiro atoms. The first-order chi connectivity index (χ1) is 9.13. The molecule has 1 atom stereocenters. The van der Waals surface area contributed by atoms with E-state index in [2.05, 4.69) is 10.6 Å². The van der Waals surface area contributed by atoms with Crippen molar-refractivity contribution in [1.29, 1.82) is 0 Å². The number of aryl methyl sites for hydroxylation is 2. The zero-order chi connectivity index (χ0) is 15.5. The standard InChI is InChI=1S/C13H17ClN2O4/c1-7-4-9(14)10(5-8(7)2)16-12(19)15-6-13(3,20)11(17)18/h4-5,20H,6H2,1-3H3,(H,17,18)(H2,15,16,19). The molecule has 0 saturated carbocycles. The Morgan fingerprint density at radius 1 is 1.30 bits per heavy atom. The molecule has 0 heterocycles. The van der Waals surface area contributed by atoms with E-state index < -0.39 is 24.1 Å². The van der Waals surface area contributed by atoms with Gasteiger partial charge in [-0.2, -0.15) is 0 Å². The minimum absolute atomic E-state index is 0.383. The molecule has 0 aliphatic rings. The van der Waals surface area contributed by atoms with Crippen molar-refractivity contribution >= 4 is 29.3 Å². The van der Waals surface area contributed by atoms with Gasteiger partial charge in [-0.25, -0.2) is 9.59 Å². The number of aliphatic carboxylic acids is 1. The zero-order valence-electron chi connectivity index (χ0n) is 11.5. The normalized spacial score (nSPS) is 13.4. The highest BCUT2D eigenvalue weighted by molar-refractivity contribution is 6.33. The van der Waals surface area contributed by atoms with Crippen molar-refractivity contribution in [3.05, 3.63) is 28.3 Å². The second-order valence-corrected chi connectivity index (χ2v) is 5.21. The number of benzene rings is 1. The van der Waals surface area contributed by atoms with Crippen molar-refractivity contribution < 1.29 is 19.8 Å². The van der Waals surface area contributed by atoms with Crippen LogP contribution in [0.4, 0.5) is 10.5 Å². The van der Waals surface area contributed by atoms with Crippen molar-refractivity contribution in [2.45, 2.75) is 26.4 Å². The van der Waals surface area contributed by atoms with Crippen molar-refractivity contribution in [2.75, 3.05) is 11.9 Å². The fraction of sp³-hybridized carbons (Fsp3) is 0.385. The predicted octanol–water partition coefficient (Wildman–Crippen LogP) is 1.91. The molecule has 1 aromatic carbocycles. The molecule has 0 bridgehead atoms. The van der Waals surface area contributed by atoms with Crippen molar-refractivity contribution in [1.82, 2.24) is 5.32 Å². The maximum atomic E-state index is 11.6. The summed E-state index contributed by atoms with van der Waals surface area (Å²) in [5.41, 5.74) is 0.351. The van der Waals surface area contributed by atoms with Crippen LogP contribution >= 0.6 is 11.6 Å². The highest BCUT2D eigenvalue weighted by Gasteiger charge is 2.30. The second kappa shape index (κ2) is 6.11. The van der Waals surface area contributed by atoms with Gasteiger partial charge in [-0.3, -0.25) is 0 Å². The van der Waals surface area contributed by atoms with E-state index in [9.17, 15) is 14.7 Å². The van der Waals surface area contributed by atoms with Gasteiger partial charge in [0.1, 0.15) is 0 Å². The molecule has 4 N–H and O–H groups in total. The van der Waals surface area contributed by atoms with Gasteiger partial charge in [-0.15, -0.1) is 0 Å². The number of aliphatic hydroxyl groups is 1. The van der Waals surface area contributed by atoms with E-state index in [-0.39, 0.29) is 0 Å². The van der Waals surface area contributed by atoms with Crippen LogP contribution < -0.4 is 10.6 Å². The summed E-state index contributed by atoms with van der Waals surface area (Å²) in [4.78, 5) is 22.3. The third kappa shape index (κ3) is 4.11. The van der Waals surface area contributed by atoms with Gasteiger partial charge in [0.25, 0.3) is 0 Å². The van der Waals surface area contributed by atoms with Gasteiger partial charge in [0.05, 0.1) is 17.3 Å². The third-order valence-electron chi connectivity index (χ3n) is 2.89. The van der Waals surface area contributed by atoms with Crippen LogP contribution in [0.1, 0.15) is 18.1 Å². The molecule has 110 valence electrons. The van der Waals surface area contributed by atoms with Gasteiger partial charge in [-0.05, 0) is 44.0 Å².